The first-order chi connectivity index (χ1) is 13.7. The minimum atomic E-state index is 0.471. The Balaban J connectivity index is 1.85. The average molecular weight is 404 g/mol. The number of nitrogens with one attached hydrogen (secondary N) is 1. The maximum absolute atomic E-state index is 6.50. The van der Waals surface area contributed by atoms with Gasteiger partial charge in [0.05, 0.1) is 12.1 Å². The van der Waals surface area contributed by atoms with Crippen LogP contribution >= 0.6 is 11.6 Å². The van der Waals surface area contributed by atoms with Gasteiger partial charge in [0.15, 0.2) is 11.5 Å². The maximum atomic E-state index is 6.50. The Kier molecular flexibility index (Phi) is 10.2. The van der Waals surface area contributed by atoms with E-state index in [2.05, 4.69) is 31.3 Å². The first kappa shape index (κ1) is 22.6. The second kappa shape index (κ2) is 12.7. The maximum Gasteiger partial charge on any atom is 0.180 e. The number of methoxy groups -OCH3 is 1. The highest BCUT2D eigenvalue weighted by Gasteiger charge is 2.13. The second-order valence-electron chi connectivity index (χ2n) is 7.27. The molecule has 0 amide bonds. The summed E-state index contributed by atoms with van der Waals surface area (Å²) in [7, 11) is 1.65. The van der Waals surface area contributed by atoms with E-state index in [-0.39, 0.29) is 0 Å². The molecule has 0 saturated carbocycles. The highest BCUT2D eigenvalue weighted by Crippen LogP contribution is 2.37. The van der Waals surface area contributed by atoms with Crippen molar-refractivity contribution in [3.63, 3.8) is 0 Å². The van der Waals surface area contributed by atoms with E-state index in [1.54, 1.807) is 7.11 Å². The molecule has 2 aromatic carbocycles. The molecule has 0 atom stereocenters. The van der Waals surface area contributed by atoms with Gasteiger partial charge in [0.25, 0.3) is 0 Å². The van der Waals surface area contributed by atoms with Crippen molar-refractivity contribution in [3.8, 4) is 11.5 Å². The van der Waals surface area contributed by atoms with E-state index in [9.17, 15) is 0 Å². The van der Waals surface area contributed by atoms with Crippen molar-refractivity contribution in [1.29, 1.82) is 0 Å². The molecular weight excluding hydrogens is 370 g/mol. The number of hydrogen-bond acceptors (Lipinski definition) is 3. The Labute approximate surface area is 175 Å². The number of hydrogen-bond donors (Lipinski definition) is 1. The van der Waals surface area contributed by atoms with Gasteiger partial charge in [-0.2, -0.15) is 0 Å². The van der Waals surface area contributed by atoms with Gasteiger partial charge < -0.3 is 14.8 Å². The third-order valence-corrected chi connectivity index (χ3v) is 5.24. The van der Waals surface area contributed by atoms with E-state index >= 15 is 0 Å². The van der Waals surface area contributed by atoms with E-state index in [0.29, 0.717) is 23.1 Å². The Hall–Kier alpha value is -1.71. The lowest BCUT2D eigenvalue weighted by molar-refractivity contribution is 0.284. The lowest BCUT2D eigenvalue weighted by Gasteiger charge is -2.15. The molecule has 0 aliphatic carbocycles. The summed E-state index contributed by atoms with van der Waals surface area (Å²) in [5.74, 6) is 1.28. The standard InChI is InChI=1S/C24H34ClNO2/c1-4-5-6-7-8-11-14-26-17-20-15-22(25)24(23(16-20)27-3)28-18-21-13-10-9-12-19(21)2/h9-10,12-13,15-16,26H,4-8,11,14,17-18H2,1-3H3. The summed E-state index contributed by atoms with van der Waals surface area (Å²) in [5, 5.41) is 4.09. The molecule has 3 nitrogen and oxygen atoms in total. The largest absolute Gasteiger partial charge is 0.493 e. The lowest BCUT2D eigenvalue weighted by atomic mass is 10.1. The fraction of sp³-hybridized carbons (Fsp3) is 0.500. The third-order valence-electron chi connectivity index (χ3n) is 4.96. The number of unbranched alkanes of at least 4 members (excludes halogenated alkanes) is 5. The summed E-state index contributed by atoms with van der Waals surface area (Å²) in [6.07, 6.45) is 7.85. The molecule has 2 rings (SSSR count). The van der Waals surface area contributed by atoms with Crippen LogP contribution in [0.2, 0.25) is 5.02 Å². The Morgan fingerprint density at radius 3 is 2.50 bits per heavy atom. The molecular formula is C24H34ClNO2. The lowest BCUT2D eigenvalue weighted by Crippen LogP contribution is -2.14. The first-order valence-electron chi connectivity index (χ1n) is 10.4. The summed E-state index contributed by atoms with van der Waals surface area (Å²) < 4.78 is 11.5. The predicted octanol–water partition coefficient (Wildman–Crippen LogP) is 6.69. The van der Waals surface area contributed by atoms with Crippen LogP contribution in [-0.2, 0) is 13.2 Å². The molecule has 0 saturated heterocycles. The molecule has 28 heavy (non-hydrogen) atoms. The Bertz CT molecular complexity index is 718. The topological polar surface area (TPSA) is 30.5 Å². The molecule has 0 unspecified atom stereocenters. The van der Waals surface area contributed by atoms with Crippen LogP contribution in [0.3, 0.4) is 0 Å². The molecule has 1 N–H and O–H groups in total. The molecule has 0 aromatic heterocycles. The average Bonchev–Trinajstić information content (AvgIpc) is 2.70. The van der Waals surface area contributed by atoms with Gasteiger partial charge in [0.1, 0.15) is 6.61 Å². The summed E-state index contributed by atoms with van der Waals surface area (Å²) >= 11 is 6.50. The van der Waals surface area contributed by atoms with Gasteiger partial charge in [-0.25, -0.2) is 0 Å². The van der Waals surface area contributed by atoms with Gasteiger partial charge in [-0.15, -0.1) is 0 Å². The Morgan fingerprint density at radius 1 is 1.00 bits per heavy atom. The first-order valence-corrected chi connectivity index (χ1v) is 10.8. The van der Waals surface area contributed by atoms with Gasteiger partial charge in [-0.3, -0.25) is 0 Å². The van der Waals surface area contributed by atoms with Crippen molar-refractivity contribution in [2.45, 2.75) is 65.5 Å². The van der Waals surface area contributed by atoms with Crippen LogP contribution < -0.4 is 14.8 Å². The quantitative estimate of drug-likeness (QED) is 0.378. The highest BCUT2D eigenvalue weighted by atomic mass is 35.5. The SMILES string of the molecule is CCCCCCCCNCc1cc(Cl)c(OCc2ccccc2C)c(OC)c1. The highest BCUT2D eigenvalue weighted by molar-refractivity contribution is 6.32. The van der Waals surface area contributed by atoms with E-state index in [0.717, 1.165) is 24.2 Å². The summed E-state index contributed by atoms with van der Waals surface area (Å²) in [6, 6.07) is 12.2. The smallest absolute Gasteiger partial charge is 0.180 e. The van der Waals surface area contributed by atoms with Crippen molar-refractivity contribution >= 4 is 11.6 Å². The fourth-order valence-corrected chi connectivity index (χ4v) is 3.49. The van der Waals surface area contributed by atoms with Crippen LogP contribution in [0.1, 0.15) is 62.1 Å². The second-order valence-corrected chi connectivity index (χ2v) is 7.68. The van der Waals surface area contributed by atoms with E-state index in [1.807, 2.05) is 24.3 Å². The zero-order valence-corrected chi connectivity index (χ0v) is 18.3. The number of ether oxygens (including phenoxy) is 2. The van der Waals surface area contributed by atoms with E-state index in [4.69, 9.17) is 21.1 Å². The van der Waals surface area contributed by atoms with Crippen molar-refractivity contribution in [3.05, 3.63) is 58.1 Å². The number of halogens is 1. The molecule has 2 aromatic rings. The normalized spacial score (nSPS) is 10.9. The fourth-order valence-electron chi connectivity index (χ4n) is 3.20. The summed E-state index contributed by atoms with van der Waals surface area (Å²) in [6.45, 7) is 6.61. The van der Waals surface area contributed by atoms with Gasteiger partial charge in [-0.05, 0) is 48.7 Å². The van der Waals surface area contributed by atoms with Crippen molar-refractivity contribution in [1.82, 2.24) is 5.32 Å². The van der Waals surface area contributed by atoms with Gasteiger partial charge in [-0.1, -0.05) is 74.9 Å². The summed E-state index contributed by atoms with van der Waals surface area (Å²) in [4.78, 5) is 0. The molecule has 0 fully saturated rings. The molecule has 0 aliphatic rings. The van der Waals surface area contributed by atoms with Gasteiger partial charge >= 0.3 is 0 Å². The van der Waals surface area contributed by atoms with Gasteiger partial charge in [0, 0.05) is 6.54 Å². The molecule has 0 bridgehead atoms. The molecule has 0 radical (unpaired) electrons. The number of rotatable bonds is 13. The summed E-state index contributed by atoms with van der Waals surface area (Å²) in [5.41, 5.74) is 3.45. The number of aryl methyl sites for hydroxylation is 1. The van der Waals surface area contributed by atoms with Crippen molar-refractivity contribution < 1.29 is 9.47 Å². The van der Waals surface area contributed by atoms with Crippen LogP contribution in [-0.4, -0.2) is 13.7 Å². The molecule has 4 heteroatoms. The monoisotopic (exact) mass is 403 g/mol. The Morgan fingerprint density at radius 2 is 1.75 bits per heavy atom. The van der Waals surface area contributed by atoms with E-state index in [1.165, 1.54) is 44.1 Å². The van der Waals surface area contributed by atoms with Gasteiger partial charge in [0.2, 0.25) is 0 Å². The minimum absolute atomic E-state index is 0.471. The molecule has 0 aliphatic heterocycles. The van der Waals surface area contributed by atoms with Crippen molar-refractivity contribution in [2.24, 2.45) is 0 Å². The molecule has 154 valence electrons. The minimum Gasteiger partial charge on any atom is -0.493 e. The zero-order valence-electron chi connectivity index (χ0n) is 17.5. The molecule has 0 spiro atoms. The van der Waals surface area contributed by atoms with Crippen LogP contribution in [0.25, 0.3) is 0 Å². The van der Waals surface area contributed by atoms with Crippen LogP contribution in [0.15, 0.2) is 36.4 Å². The number of benzene rings is 2. The van der Waals surface area contributed by atoms with Crippen LogP contribution in [0.4, 0.5) is 0 Å². The predicted molar refractivity (Wildman–Crippen MR) is 119 cm³/mol. The molecule has 0 heterocycles. The van der Waals surface area contributed by atoms with Crippen LogP contribution in [0.5, 0.6) is 11.5 Å². The third kappa shape index (κ3) is 7.37. The van der Waals surface area contributed by atoms with Crippen molar-refractivity contribution in [2.75, 3.05) is 13.7 Å². The van der Waals surface area contributed by atoms with E-state index < -0.39 is 0 Å². The zero-order chi connectivity index (χ0) is 20.2. The van der Waals surface area contributed by atoms with Crippen LogP contribution in [0, 0.1) is 6.92 Å².